The number of hydrogen-bond donors (Lipinski definition) is 2. The minimum atomic E-state index is -3.01. The number of benzene rings is 1. The minimum absolute atomic E-state index is 0.0203. The number of halogens is 3. The van der Waals surface area contributed by atoms with Crippen LogP contribution in [0.1, 0.15) is 53.5 Å². The number of fused-ring (bicyclic) bond motifs is 3. The first kappa shape index (κ1) is 22.1. The van der Waals surface area contributed by atoms with Crippen LogP contribution >= 0.6 is 0 Å². The molecule has 0 saturated heterocycles. The molecule has 1 aliphatic heterocycles. The van der Waals surface area contributed by atoms with E-state index >= 15 is 4.39 Å². The highest BCUT2D eigenvalue weighted by molar-refractivity contribution is 6.01. The van der Waals surface area contributed by atoms with Crippen molar-refractivity contribution in [3.8, 4) is 5.75 Å². The van der Waals surface area contributed by atoms with Crippen LogP contribution < -0.4 is 10.1 Å². The van der Waals surface area contributed by atoms with Gasteiger partial charge in [-0.3, -0.25) is 9.79 Å². The standard InChI is InChI=1S/C24H21F3N4O3/c1-24(2,33)22-28-9-12(10-29-22)15-11-31-19(8-16(15)25)30-20-17(32)7-14(21(20)31)13-5-3-4-6-18(13)34-23(26)27/h3-6,8-9,11,14,23,33H,7,10H2,1-2H3,(H,28,29)/t14-/m1/s1. The maximum atomic E-state index is 15.0. The number of aliphatic hydroxyl groups is 1. The molecule has 2 aliphatic rings. The molecule has 3 aromatic rings. The fourth-order valence-corrected chi connectivity index (χ4v) is 4.41. The van der Waals surface area contributed by atoms with Gasteiger partial charge in [-0.25, -0.2) is 9.37 Å². The SMILES string of the molecule is CC(C)(O)C1=NCC(c2cn3c4c(nc3cc2F)C(=O)C[C@@H]4c2ccccc2OC(F)F)=CN1. The average Bonchev–Trinajstić information content (AvgIpc) is 3.29. The number of aliphatic imine (C=N–C) groups is 1. The molecule has 0 unspecified atom stereocenters. The normalized spacial score (nSPS) is 18.1. The number of aromatic nitrogens is 2. The number of amidine groups is 1. The van der Waals surface area contributed by atoms with Crippen LogP contribution in [0.5, 0.6) is 5.75 Å². The summed E-state index contributed by atoms with van der Waals surface area (Å²) in [5, 5.41) is 13.0. The lowest BCUT2D eigenvalue weighted by atomic mass is 9.95. The molecule has 1 aliphatic carbocycles. The Bertz CT molecular complexity index is 1370. The molecule has 0 saturated carbocycles. The first-order valence-corrected chi connectivity index (χ1v) is 10.6. The number of rotatable bonds is 5. The first-order valence-electron chi connectivity index (χ1n) is 10.6. The maximum absolute atomic E-state index is 15.0. The van der Waals surface area contributed by atoms with Gasteiger partial charge in [0.15, 0.2) is 5.78 Å². The molecular weight excluding hydrogens is 449 g/mol. The second kappa shape index (κ2) is 7.98. The van der Waals surface area contributed by atoms with Crippen LogP contribution in [-0.4, -0.2) is 44.9 Å². The smallest absolute Gasteiger partial charge is 0.387 e. The van der Waals surface area contributed by atoms with Crippen LogP contribution in [0.15, 0.2) is 47.7 Å². The Kier molecular flexibility index (Phi) is 5.20. The van der Waals surface area contributed by atoms with E-state index < -0.39 is 23.9 Å². The fraction of sp³-hybridized carbons (Fsp3) is 0.292. The molecule has 2 aromatic heterocycles. The molecule has 10 heteroatoms. The largest absolute Gasteiger partial charge is 0.435 e. The van der Waals surface area contributed by atoms with Gasteiger partial charge >= 0.3 is 6.61 Å². The van der Waals surface area contributed by atoms with Crippen LogP contribution in [0, 0.1) is 5.82 Å². The number of Topliss-reactive ketones (excluding diaryl/α,β-unsaturated/α-hetero) is 1. The summed E-state index contributed by atoms with van der Waals surface area (Å²) in [4.78, 5) is 21.4. The van der Waals surface area contributed by atoms with Gasteiger partial charge in [-0.15, -0.1) is 0 Å². The number of alkyl halides is 2. The predicted octanol–water partition coefficient (Wildman–Crippen LogP) is 3.91. The highest BCUT2D eigenvalue weighted by atomic mass is 19.3. The molecular formula is C24H21F3N4O3. The van der Waals surface area contributed by atoms with Crippen molar-refractivity contribution in [2.24, 2.45) is 4.99 Å². The molecule has 176 valence electrons. The molecule has 34 heavy (non-hydrogen) atoms. The summed E-state index contributed by atoms with van der Waals surface area (Å²) in [6.45, 7) is 0.303. The van der Waals surface area contributed by atoms with Crippen molar-refractivity contribution < 1.29 is 27.8 Å². The summed E-state index contributed by atoms with van der Waals surface area (Å²) >= 11 is 0. The van der Waals surface area contributed by atoms with Gasteiger partial charge in [0.2, 0.25) is 0 Å². The van der Waals surface area contributed by atoms with Crippen LogP contribution in [0.25, 0.3) is 11.2 Å². The lowest BCUT2D eigenvalue weighted by Crippen LogP contribution is -2.41. The number of hydrogen-bond acceptors (Lipinski definition) is 6. The topological polar surface area (TPSA) is 88.2 Å². The van der Waals surface area contributed by atoms with Crippen molar-refractivity contribution in [3.63, 3.8) is 0 Å². The van der Waals surface area contributed by atoms with E-state index in [1.54, 1.807) is 42.6 Å². The van der Waals surface area contributed by atoms with E-state index in [-0.39, 0.29) is 41.4 Å². The number of ketones is 1. The van der Waals surface area contributed by atoms with Gasteiger partial charge in [-0.1, -0.05) is 18.2 Å². The Labute approximate surface area is 192 Å². The predicted molar refractivity (Wildman–Crippen MR) is 119 cm³/mol. The fourth-order valence-electron chi connectivity index (χ4n) is 4.41. The van der Waals surface area contributed by atoms with Crippen LogP contribution in [-0.2, 0) is 0 Å². The van der Waals surface area contributed by atoms with Crippen molar-refractivity contribution >= 4 is 22.8 Å². The third kappa shape index (κ3) is 3.73. The van der Waals surface area contributed by atoms with Crippen molar-refractivity contribution in [2.45, 2.75) is 38.4 Å². The number of ether oxygens (including phenoxy) is 1. The van der Waals surface area contributed by atoms with E-state index in [1.165, 1.54) is 18.3 Å². The summed E-state index contributed by atoms with van der Waals surface area (Å²) in [6.07, 6.45) is 3.16. The zero-order valence-electron chi connectivity index (χ0n) is 18.3. The lowest BCUT2D eigenvalue weighted by Gasteiger charge is -2.24. The molecule has 5 rings (SSSR count). The van der Waals surface area contributed by atoms with Gasteiger partial charge in [-0.2, -0.15) is 8.78 Å². The third-order valence-electron chi connectivity index (χ3n) is 5.96. The van der Waals surface area contributed by atoms with Gasteiger partial charge in [0.05, 0.1) is 12.2 Å². The van der Waals surface area contributed by atoms with E-state index in [0.29, 0.717) is 22.7 Å². The Morgan fingerprint density at radius 2 is 2.06 bits per heavy atom. The third-order valence-corrected chi connectivity index (χ3v) is 5.96. The molecule has 1 aromatic carbocycles. The molecule has 0 bridgehead atoms. The number of para-hydroxylation sites is 1. The van der Waals surface area contributed by atoms with Crippen molar-refractivity contribution in [1.82, 2.24) is 14.7 Å². The molecule has 0 amide bonds. The Hall–Kier alpha value is -3.66. The molecule has 0 radical (unpaired) electrons. The zero-order chi connectivity index (χ0) is 24.2. The first-order chi connectivity index (χ1) is 16.1. The van der Waals surface area contributed by atoms with Gasteiger partial charge in [0.25, 0.3) is 0 Å². The van der Waals surface area contributed by atoms with Crippen LogP contribution in [0.4, 0.5) is 13.2 Å². The van der Waals surface area contributed by atoms with E-state index in [1.807, 2.05) is 0 Å². The second-order valence-electron chi connectivity index (χ2n) is 8.74. The summed E-state index contributed by atoms with van der Waals surface area (Å²) < 4.78 is 47.3. The Morgan fingerprint density at radius 3 is 2.74 bits per heavy atom. The number of pyridine rings is 1. The Balaban J connectivity index is 1.60. The van der Waals surface area contributed by atoms with Gasteiger partial charge in [0.1, 0.15) is 34.3 Å². The number of imidazole rings is 1. The molecule has 7 nitrogen and oxygen atoms in total. The highest BCUT2D eigenvalue weighted by Gasteiger charge is 2.37. The van der Waals surface area contributed by atoms with E-state index in [0.717, 1.165) is 0 Å². The van der Waals surface area contributed by atoms with Crippen molar-refractivity contribution in [2.75, 3.05) is 6.54 Å². The number of nitrogens with one attached hydrogen (secondary N) is 1. The second-order valence-corrected chi connectivity index (χ2v) is 8.74. The summed E-state index contributed by atoms with van der Waals surface area (Å²) in [5.41, 5.74) is 0.966. The summed E-state index contributed by atoms with van der Waals surface area (Å²) in [7, 11) is 0. The number of carbonyl (C=O) groups excluding carboxylic acids is 1. The van der Waals surface area contributed by atoms with Gasteiger partial charge in [0, 0.05) is 47.5 Å². The van der Waals surface area contributed by atoms with Crippen LogP contribution in [0.3, 0.4) is 0 Å². The zero-order valence-corrected chi connectivity index (χ0v) is 18.3. The van der Waals surface area contributed by atoms with Crippen molar-refractivity contribution in [1.29, 1.82) is 0 Å². The quantitative estimate of drug-likeness (QED) is 0.591. The lowest BCUT2D eigenvalue weighted by molar-refractivity contribution is -0.0505. The summed E-state index contributed by atoms with van der Waals surface area (Å²) in [6, 6.07) is 7.55. The van der Waals surface area contributed by atoms with E-state index in [4.69, 9.17) is 0 Å². The summed E-state index contributed by atoms with van der Waals surface area (Å²) in [5.74, 6) is -1.04. The van der Waals surface area contributed by atoms with E-state index in [2.05, 4.69) is 20.0 Å². The molecule has 3 heterocycles. The minimum Gasteiger partial charge on any atom is -0.435 e. The highest BCUT2D eigenvalue weighted by Crippen LogP contribution is 2.42. The number of carbonyl (C=O) groups is 1. The molecule has 0 spiro atoms. The molecule has 0 fully saturated rings. The maximum Gasteiger partial charge on any atom is 0.387 e. The van der Waals surface area contributed by atoms with Gasteiger partial charge < -0.3 is 19.6 Å². The average molecular weight is 470 g/mol. The molecule has 2 N–H and O–H groups in total. The monoisotopic (exact) mass is 470 g/mol. The van der Waals surface area contributed by atoms with E-state index in [9.17, 15) is 18.7 Å². The van der Waals surface area contributed by atoms with Crippen LogP contribution in [0.2, 0.25) is 0 Å². The van der Waals surface area contributed by atoms with Crippen molar-refractivity contribution in [3.05, 3.63) is 71.1 Å². The van der Waals surface area contributed by atoms with Gasteiger partial charge in [-0.05, 0) is 19.9 Å². The number of nitrogens with zero attached hydrogens (tertiary/aromatic N) is 3. The Morgan fingerprint density at radius 1 is 1.29 bits per heavy atom. The molecule has 1 atom stereocenters.